The standard InChI is InChI=1S/C7H2ClF2NO2S/c8-14(12,13)5-1-4(3-11)7(10)6(9)2-5/h1-2H. The van der Waals surface area contributed by atoms with E-state index in [1.54, 1.807) is 0 Å². The molecule has 74 valence electrons. The molecule has 14 heavy (non-hydrogen) atoms. The third kappa shape index (κ3) is 2.00. The molecule has 0 heterocycles. The van der Waals surface area contributed by atoms with Gasteiger partial charge in [-0.1, -0.05) is 0 Å². The monoisotopic (exact) mass is 237 g/mol. The number of nitriles is 1. The van der Waals surface area contributed by atoms with Gasteiger partial charge in [0.25, 0.3) is 9.05 Å². The van der Waals surface area contributed by atoms with Crippen LogP contribution in [-0.2, 0) is 9.05 Å². The highest BCUT2D eigenvalue weighted by molar-refractivity contribution is 8.13. The van der Waals surface area contributed by atoms with E-state index >= 15 is 0 Å². The van der Waals surface area contributed by atoms with Crippen LogP contribution in [0.15, 0.2) is 17.0 Å². The molecule has 3 nitrogen and oxygen atoms in total. The Morgan fingerprint density at radius 2 is 1.93 bits per heavy atom. The number of hydrogen-bond acceptors (Lipinski definition) is 3. The molecule has 0 atom stereocenters. The Kier molecular flexibility index (Phi) is 2.73. The van der Waals surface area contributed by atoms with Crippen LogP contribution in [0.3, 0.4) is 0 Å². The first-order chi connectivity index (χ1) is 6.36. The summed E-state index contributed by atoms with van der Waals surface area (Å²) in [4.78, 5) is -0.644. The van der Waals surface area contributed by atoms with Gasteiger partial charge in [0.2, 0.25) is 0 Å². The topological polar surface area (TPSA) is 57.9 Å². The molecule has 0 radical (unpaired) electrons. The Hall–Kier alpha value is -1.19. The highest BCUT2D eigenvalue weighted by Crippen LogP contribution is 2.20. The van der Waals surface area contributed by atoms with Gasteiger partial charge in [0.1, 0.15) is 6.07 Å². The van der Waals surface area contributed by atoms with Crippen LogP contribution in [0.2, 0.25) is 0 Å². The lowest BCUT2D eigenvalue weighted by Gasteiger charge is -1.99. The minimum atomic E-state index is -4.16. The SMILES string of the molecule is N#Cc1cc(S(=O)(=O)Cl)cc(F)c1F. The molecule has 0 spiro atoms. The van der Waals surface area contributed by atoms with Crippen LogP contribution < -0.4 is 0 Å². The Bertz CT molecular complexity index is 521. The van der Waals surface area contributed by atoms with E-state index < -0.39 is 31.1 Å². The van der Waals surface area contributed by atoms with E-state index in [0.717, 1.165) is 0 Å². The van der Waals surface area contributed by atoms with Crippen molar-refractivity contribution in [1.29, 1.82) is 5.26 Å². The van der Waals surface area contributed by atoms with Crippen LogP contribution in [0, 0.1) is 23.0 Å². The lowest BCUT2D eigenvalue weighted by molar-refractivity contribution is 0.502. The largest absolute Gasteiger partial charge is 0.261 e. The average Bonchev–Trinajstić information content (AvgIpc) is 2.07. The molecule has 1 rings (SSSR count). The summed E-state index contributed by atoms with van der Waals surface area (Å²) in [7, 11) is 0.725. The molecule has 0 saturated heterocycles. The third-order valence-corrected chi connectivity index (χ3v) is 2.74. The lowest BCUT2D eigenvalue weighted by atomic mass is 10.2. The van der Waals surface area contributed by atoms with E-state index in [-0.39, 0.29) is 0 Å². The Morgan fingerprint density at radius 1 is 1.36 bits per heavy atom. The zero-order valence-corrected chi connectivity index (χ0v) is 8.03. The van der Waals surface area contributed by atoms with Gasteiger partial charge in [0.15, 0.2) is 11.6 Å². The van der Waals surface area contributed by atoms with Crippen LogP contribution in [-0.4, -0.2) is 8.42 Å². The fraction of sp³-hybridized carbons (Fsp3) is 0. The van der Waals surface area contributed by atoms with Gasteiger partial charge in [0, 0.05) is 10.7 Å². The van der Waals surface area contributed by atoms with Gasteiger partial charge in [-0.15, -0.1) is 0 Å². The summed E-state index contributed by atoms with van der Waals surface area (Å²) < 4.78 is 46.9. The normalized spacial score (nSPS) is 11.0. The van der Waals surface area contributed by atoms with E-state index in [0.29, 0.717) is 12.1 Å². The van der Waals surface area contributed by atoms with Crippen molar-refractivity contribution in [3.05, 3.63) is 29.3 Å². The molecule has 0 fully saturated rings. The maximum atomic E-state index is 12.7. The van der Waals surface area contributed by atoms with Gasteiger partial charge in [0.05, 0.1) is 10.5 Å². The van der Waals surface area contributed by atoms with Gasteiger partial charge < -0.3 is 0 Å². The summed E-state index contributed by atoms with van der Waals surface area (Å²) in [5.41, 5.74) is -0.704. The van der Waals surface area contributed by atoms with E-state index in [4.69, 9.17) is 15.9 Å². The first-order valence-corrected chi connectivity index (χ1v) is 5.51. The zero-order valence-electron chi connectivity index (χ0n) is 6.46. The van der Waals surface area contributed by atoms with E-state index in [9.17, 15) is 17.2 Å². The third-order valence-electron chi connectivity index (χ3n) is 1.40. The van der Waals surface area contributed by atoms with E-state index in [1.165, 1.54) is 6.07 Å². The predicted molar refractivity (Wildman–Crippen MR) is 44.1 cm³/mol. The number of hydrogen-bond donors (Lipinski definition) is 0. The van der Waals surface area contributed by atoms with Crippen LogP contribution in [0.25, 0.3) is 0 Å². The fourth-order valence-electron chi connectivity index (χ4n) is 0.786. The second-order valence-corrected chi connectivity index (χ2v) is 4.88. The molecule has 0 aliphatic heterocycles. The Labute approximate surface area is 83.0 Å². The number of benzene rings is 1. The molecule has 1 aromatic rings. The summed E-state index contributed by atoms with van der Waals surface area (Å²) in [5, 5.41) is 8.34. The van der Waals surface area contributed by atoms with Crippen molar-refractivity contribution in [2.45, 2.75) is 4.90 Å². The predicted octanol–water partition coefficient (Wildman–Crippen LogP) is 1.76. The molecule has 7 heteroatoms. The number of nitrogens with zero attached hydrogens (tertiary/aromatic N) is 1. The summed E-state index contributed by atoms with van der Waals surface area (Å²) in [6.07, 6.45) is 0. The van der Waals surface area contributed by atoms with Gasteiger partial charge in [-0.3, -0.25) is 0 Å². The summed E-state index contributed by atoms with van der Waals surface area (Å²) in [5.74, 6) is -2.82. The maximum absolute atomic E-state index is 12.7. The van der Waals surface area contributed by atoms with Crippen molar-refractivity contribution in [3.63, 3.8) is 0 Å². The van der Waals surface area contributed by atoms with Gasteiger partial charge in [-0.2, -0.15) is 5.26 Å². The molecule has 0 amide bonds. The molecule has 0 aliphatic rings. The summed E-state index contributed by atoms with van der Waals surface area (Å²) in [6, 6.07) is 2.39. The van der Waals surface area contributed by atoms with Gasteiger partial charge in [-0.25, -0.2) is 17.2 Å². The molecular weight excluding hydrogens is 236 g/mol. The molecule has 0 saturated carbocycles. The van der Waals surface area contributed by atoms with Gasteiger partial charge >= 0.3 is 0 Å². The lowest BCUT2D eigenvalue weighted by Crippen LogP contribution is -1.97. The molecule has 0 aromatic heterocycles. The zero-order chi connectivity index (χ0) is 10.9. The quantitative estimate of drug-likeness (QED) is 0.700. The van der Waals surface area contributed by atoms with Gasteiger partial charge in [-0.05, 0) is 12.1 Å². The maximum Gasteiger partial charge on any atom is 0.261 e. The second-order valence-electron chi connectivity index (χ2n) is 2.32. The molecular formula is C7H2ClF2NO2S. The minimum Gasteiger partial charge on any atom is -0.207 e. The van der Waals surface area contributed by atoms with Crippen LogP contribution in [0.1, 0.15) is 5.56 Å². The van der Waals surface area contributed by atoms with E-state index in [2.05, 4.69) is 0 Å². The Morgan fingerprint density at radius 3 is 2.36 bits per heavy atom. The van der Waals surface area contributed by atoms with Crippen LogP contribution >= 0.6 is 10.7 Å². The van der Waals surface area contributed by atoms with Crippen molar-refractivity contribution in [2.75, 3.05) is 0 Å². The highest BCUT2D eigenvalue weighted by atomic mass is 35.7. The highest BCUT2D eigenvalue weighted by Gasteiger charge is 2.17. The summed E-state index contributed by atoms with van der Waals surface area (Å²) in [6.45, 7) is 0. The fourth-order valence-corrected chi connectivity index (χ4v) is 1.56. The van der Waals surface area contributed by atoms with Crippen molar-refractivity contribution in [3.8, 4) is 6.07 Å². The Balaban J connectivity index is 3.56. The van der Waals surface area contributed by atoms with Crippen molar-refractivity contribution in [2.24, 2.45) is 0 Å². The summed E-state index contributed by atoms with van der Waals surface area (Å²) >= 11 is 0. The first kappa shape index (κ1) is 10.9. The first-order valence-electron chi connectivity index (χ1n) is 3.20. The van der Waals surface area contributed by atoms with Crippen LogP contribution in [0.4, 0.5) is 8.78 Å². The van der Waals surface area contributed by atoms with E-state index in [1.807, 2.05) is 0 Å². The molecule has 1 aromatic carbocycles. The molecule has 0 N–H and O–H groups in total. The second kappa shape index (κ2) is 3.52. The molecule has 0 bridgehead atoms. The van der Waals surface area contributed by atoms with Crippen molar-refractivity contribution >= 4 is 19.7 Å². The average molecular weight is 238 g/mol. The number of rotatable bonds is 1. The van der Waals surface area contributed by atoms with Crippen molar-refractivity contribution in [1.82, 2.24) is 0 Å². The van der Waals surface area contributed by atoms with Crippen LogP contribution in [0.5, 0.6) is 0 Å². The number of halogens is 3. The molecule has 0 unspecified atom stereocenters. The minimum absolute atomic E-state index is 0.415. The van der Waals surface area contributed by atoms with Crippen molar-refractivity contribution < 1.29 is 17.2 Å². The molecule has 0 aliphatic carbocycles. The smallest absolute Gasteiger partial charge is 0.207 e.